The summed E-state index contributed by atoms with van der Waals surface area (Å²) in [4.78, 5) is 40.5. The van der Waals surface area contributed by atoms with Crippen molar-refractivity contribution in [2.75, 3.05) is 20.6 Å². The highest BCUT2D eigenvalue weighted by Gasteiger charge is 2.63. The van der Waals surface area contributed by atoms with E-state index in [1.807, 2.05) is 0 Å². The van der Waals surface area contributed by atoms with Crippen molar-refractivity contribution in [3.63, 3.8) is 0 Å². The minimum atomic E-state index is -2.63. The van der Waals surface area contributed by atoms with E-state index in [4.69, 9.17) is 5.73 Å². The smallest absolute Gasteiger partial charge is 0.255 e. The fourth-order valence-electron chi connectivity index (χ4n) is 5.98. The number of carbonyl (C=O) groups excluding carboxylic acids is 3. The van der Waals surface area contributed by atoms with Gasteiger partial charge in [0.05, 0.1) is 11.6 Å². The molecule has 4 atom stereocenters. The molecule has 36 heavy (non-hydrogen) atoms. The number of benzene rings is 1. The van der Waals surface area contributed by atoms with E-state index in [0.29, 0.717) is 18.0 Å². The number of hydrogen-bond donors (Lipinski definition) is 6. The van der Waals surface area contributed by atoms with Gasteiger partial charge in [-0.15, -0.1) is 0 Å². The Morgan fingerprint density at radius 2 is 1.89 bits per heavy atom. The molecule has 0 saturated carbocycles. The van der Waals surface area contributed by atoms with Gasteiger partial charge >= 0.3 is 0 Å². The number of amides is 1. The number of allylic oxidation sites excluding steroid dienone is 1. The third-order valence-electron chi connectivity index (χ3n) is 7.57. The monoisotopic (exact) mass is 499 g/mol. The van der Waals surface area contributed by atoms with Crippen molar-refractivity contribution in [1.82, 2.24) is 10.2 Å². The van der Waals surface area contributed by atoms with Crippen LogP contribution >= 0.6 is 0 Å². The number of likely N-dealkylation sites (N-methyl/N-ethyl adjacent to an activating group) is 1. The lowest BCUT2D eigenvalue weighted by atomic mass is 9.58. The molecule has 7 N–H and O–H groups in total. The largest absolute Gasteiger partial charge is 0.510 e. The molecule has 3 aliphatic carbocycles. The van der Waals surface area contributed by atoms with Crippen LogP contribution in [-0.4, -0.2) is 75.1 Å². The number of aromatic hydroxyl groups is 1. The lowest BCUT2D eigenvalue weighted by Gasteiger charge is -2.50. The maximum Gasteiger partial charge on any atom is 0.255 e. The van der Waals surface area contributed by atoms with Gasteiger partial charge in [-0.25, -0.2) is 0 Å². The number of aliphatic hydroxyl groups is 3. The van der Waals surface area contributed by atoms with E-state index in [0.717, 1.165) is 12.1 Å². The van der Waals surface area contributed by atoms with E-state index in [1.54, 1.807) is 20.2 Å². The maximum atomic E-state index is 13.7. The van der Waals surface area contributed by atoms with E-state index in [2.05, 4.69) is 19.2 Å². The molecule has 0 bridgehead atoms. The molecule has 10 nitrogen and oxygen atoms in total. The third-order valence-corrected chi connectivity index (χ3v) is 7.57. The molecule has 4 rings (SSSR count). The van der Waals surface area contributed by atoms with E-state index in [9.17, 15) is 34.8 Å². The Hall–Kier alpha value is -3.21. The summed E-state index contributed by atoms with van der Waals surface area (Å²) in [5, 5.41) is 47.6. The van der Waals surface area contributed by atoms with Gasteiger partial charge in [-0.2, -0.15) is 0 Å². The van der Waals surface area contributed by atoms with E-state index >= 15 is 0 Å². The van der Waals surface area contributed by atoms with Gasteiger partial charge < -0.3 is 31.5 Å². The van der Waals surface area contributed by atoms with Gasteiger partial charge in [0.1, 0.15) is 22.8 Å². The summed E-state index contributed by atoms with van der Waals surface area (Å²) < 4.78 is 0. The molecule has 0 spiro atoms. The number of aliphatic hydroxyl groups excluding tert-OH is 2. The highest BCUT2D eigenvalue weighted by atomic mass is 16.3. The molecule has 0 radical (unpaired) electrons. The van der Waals surface area contributed by atoms with Crippen molar-refractivity contribution >= 4 is 17.5 Å². The van der Waals surface area contributed by atoms with Crippen LogP contribution in [0, 0.1) is 17.8 Å². The summed E-state index contributed by atoms with van der Waals surface area (Å²) in [5.74, 6) is -6.06. The normalized spacial score (nSPS) is 27.9. The lowest BCUT2D eigenvalue weighted by Crippen LogP contribution is -2.63. The Bertz CT molecular complexity index is 1220. The standard InChI is InChI=1S/C26H33N3O7/c1-11(2)9-28-10-12-5-6-16(30)18-14(12)7-13-8-15-20(29(3)4)22(32)19(25(27)35)24(34)26(15,36)23(33)17(13)21(18)31/h5-6,11,13,15,20,28,30,32-33,36H,7-10H2,1-4H3,(H2,27,35)/t13-,15-,20?,26+/m1/s1. The predicted octanol–water partition coefficient (Wildman–Crippen LogP) is 0.866. The number of phenols is 1. The summed E-state index contributed by atoms with van der Waals surface area (Å²) in [6, 6.07) is 2.16. The average molecular weight is 500 g/mol. The van der Waals surface area contributed by atoms with Gasteiger partial charge in [0.25, 0.3) is 5.91 Å². The zero-order valence-corrected chi connectivity index (χ0v) is 20.8. The van der Waals surface area contributed by atoms with Crippen LogP contribution in [0.25, 0.3) is 0 Å². The fourth-order valence-corrected chi connectivity index (χ4v) is 5.98. The Balaban J connectivity index is 1.86. The summed E-state index contributed by atoms with van der Waals surface area (Å²) in [5.41, 5.74) is 3.25. The number of phenolic OH excluding ortho intramolecular Hbond substituents is 1. The van der Waals surface area contributed by atoms with Crippen molar-refractivity contribution in [2.24, 2.45) is 23.5 Å². The van der Waals surface area contributed by atoms with E-state index in [1.165, 1.54) is 11.0 Å². The summed E-state index contributed by atoms with van der Waals surface area (Å²) in [6.07, 6.45) is 0.349. The minimum Gasteiger partial charge on any atom is -0.510 e. The van der Waals surface area contributed by atoms with Crippen LogP contribution in [0.15, 0.2) is 34.8 Å². The van der Waals surface area contributed by atoms with Gasteiger partial charge in [-0.3, -0.25) is 19.3 Å². The number of Topliss-reactive ketones (excluding diaryl/α,β-unsaturated/α-hetero) is 2. The summed E-state index contributed by atoms with van der Waals surface area (Å²) in [6.45, 7) is 5.38. The Kier molecular flexibility index (Phi) is 6.48. The quantitative estimate of drug-likeness (QED) is 0.310. The Labute approximate surface area is 209 Å². The average Bonchev–Trinajstić information content (AvgIpc) is 2.77. The topological polar surface area (TPSA) is 173 Å². The van der Waals surface area contributed by atoms with Crippen molar-refractivity contribution in [3.05, 3.63) is 51.5 Å². The van der Waals surface area contributed by atoms with Gasteiger partial charge in [-0.05, 0) is 62.5 Å². The maximum absolute atomic E-state index is 13.7. The first-order valence-electron chi connectivity index (χ1n) is 12.0. The predicted molar refractivity (Wildman–Crippen MR) is 130 cm³/mol. The molecule has 1 aromatic carbocycles. The highest BCUT2D eigenvalue weighted by molar-refractivity contribution is 6.24. The van der Waals surface area contributed by atoms with Crippen LogP contribution in [0.2, 0.25) is 0 Å². The number of fused-ring (bicyclic) bond motifs is 3. The second kappa shape index (κ2) is 9.02. The molecule has 3 aliphatic rings. The molecule has 10 heteroatoms. The fraction of sp³-hybridized carbons (Fsp3) is 0.500. The zero-order valence-electron chi connectivity index (χ0n) is 20.8. The minimum absolute atomic E-state index is 0.0274. The number of nitrogens with one attached hydrogen (secondary N) is 1. The number of carbonyl (C=O) groups is 3. The number of primary amides is 1. The molecule has 0 fully saturated rings. The van der Waals surface area contributed by atoms with Crippen LogP contribution in [0.4, 0.5) is 0 Å². The van der Waals surface area contributed by atoms with Crippen LogP contribution in [-0.2, 0) is 22.6 Å². The molecule has 0 aliphatic heterocycles. The van der Waals surface area contributed by atoms with Crippen molar-refractivity contribution in [2.45, 2.75) is 44.9 Å². The number of hydrogen-bond acceptors (Lipinski definition) is 9. The first kappa shape index (κ1) is 25.9. The zero-order chi connectivity index (χ0) is 26.7. The van der Waals surface area contributed by atoms with Crippen LogP contribution < -0.4 is 11.1 Å². The first-order valence-corrected chi connectivity index (χ1v) is 12.0. The number of rotatable bonds is 6. The van der Waals surface area contributed by atoms with Gasteiger partial charge in [0, 0.05) is 18.0 Å². The van der Waals surface area contributed by atoms with Crippen molar-refractivity contribution in [3.8, 4) is 5.75 Å². The van der Waals surface area contributed by atoms with Crippen molar-refractivity contribution < 1.29 is 34.8 Å². The SMILES string of the molecule is CC(C)CNCc1ccc(O)c2c1C[C@@H]1C[C@@H]3C(N(C)C)C(O)=C(C(N)=O)C(=O)[C@@]3(O)C(O)=C1C2=O. The molecular formula is C26H33N3O7. The molecule has 0 saturated heterocycles. The number of nitrogens with two attached hydrogens (primary N) is 1. The lowest BCUT2D eigenvalue weighted by molar-refractivity contribution is -0.148. The number of nitrogens with zero attached hydrogens (tertiary/aromatic N) is 1. The van der Waals surface area contributed by atoms with Crippen LogP contribution in [0.5, 0.6) is 5.75 Å². The molecular weight excluding hydrogens is 466 g/mol. The molecule has 1 aromatic rings. The summed E-state index contributed by atoms with van der Waals surface area (Å²) in [7, 11) is 3.20. The van der Waals surface area contributed by atoms with Crippen LogP contribution in [0.1, 0.15) is 41.8 Å². The Morgan fingerprint density at radius 3 is 2.47 bits per heavy atom. The van der Waals surface area contributed by atoms with Gasteiger partial charge in [0.2, 0.25) is 5.78 Å². The van der Waals surface area contributed by atoms with E-state index < -0.39 is 58.0 Å². The van der Waals surface area contributed by atoms with Gasteiger partial charge in [-0.1, -0.05) is 19.9 Å². The molecule has 0 heterocycles. The first-order chi connectivity index (χ1) is 16.8. The number of ketones is 2. The van der Waals surface area contributed by atoms with Crippen LogP contribution in [0.3, 0.4) is 0 Å². The third kappa shape index (κ3) is 3.71. The summed E-state index contributed by atoms with van der Waals surface area (Å²) >= 11 is 0. The molecule has 0 aromatic heterocycles. The van der Waals surface area contributed by atoms with E-state index in [-0.39, 0.29) is 29.7 Å². The molecule has 1 unspecified atom stereocenters. The molecule has 1 amide bonds. The second-order valence-electron chi connectivity index (χ2n) is 10.6. The highest BCUT2D eigenvalue weighted by Crippen LogP contribution is 2.52. The molecule has 194 valence electrons. The van der Waals surface area contributed by atoms with Crippen molar-refractivity contribution in [1.29, 1.82) is 0 Å². The Morgan fingerprint density at radius 1 is 1.22 bits per heavy atom. The van der Waals surface area contributed by atoms with Gasteiger partial charge in [0.15, 0.2) is 11.4 Å². The second-order valence-corrected chi connectivity index (χ2v) is 10.6.